The molecule has 0 aromatic carbocycles. The second-order valence-corrected chi connectivity index (χ2v) is 4.10. The van der Waals surface area contributed by atoms with Gasteiger partial charge in [-0.15, -0.1) is 0 Å². The van der Waals surface area contributed by atoms with Crippen molar-refractivity contribution in [3.8, 4) is 0 Å². The standard InChI is InChI=1S/C10H18O5.C4H10O/c11-9(12)5-1-3-7-15-8-4-2-6-10(13)14;1-3-5-4-2/h1-8H2,(H,11,12)(H,13,14);3-4H2,1-2H3. The second kappa shape index (κ2) is 17.9. The highest BCUT2D eigenvalue weighted by atomic mass is 16.5. The molecule has 0 unspecified atom stereocenters. The van der Waals surface area contributed by atoms with Crippen molar-refractivity contribution in [2.75, 3.05) is 26.4 Å². The molecule has 0 amide bonds. The average molecular weight is 292 g/mol. The third-order valence-corrected chi connectivity index (χ3v) is 2.27. The maximum absolute atomic E-state index is 10.1. The highest BCUT2D eigenvalue weighted by Crippen LogP contribution is 1.99. The normalized spacial score (nSPS) is 9.70. The van der Waals surface area contributed by atoms with E-state index in [1.807, 2.05) is 13.8 Å². The van der Waals surface area contributed by atoms with E-state index < -0.39 is 11.9 Å². The van der Waals surface area contributed by atoms with Gasteiger partial charge in [0.1, 0.15) is 0 Å². The maximum Gasteiger partial charge on any atom is 0.303 e. The number of rotatable bonds is 12. The van der Waals surface area contributed by atoms with Gasteiger partial charge in [-0.2, -0.15) is 0 Å². The molecule has 0 aliphatic rings. The van der Waals surface area contributed by atoms with E-state index in [9.17, 15) is 9.59 Å². The summed E-state index contributed by atoms with van der Waals surface area (Å²) in [7, 11) is 0. The van der Waals surface area contributed by atoms with E-state index in [-0.39, 0.29) is 12.8 Å². The van der Waals surface area contributed by atoms with E-state index in [0.29, 0.717) is 26.1 Å². The molecule has 0 aliphatic heterocycles. The zero-order valence-electron chi connectivity index (χ0n) is 12.6. The zero-order valence-corrected chi connectivity index (χ0v) is 12.6. The minimum absolute atomic E-state index is 0.183. The summed E-state index contributed by atoms with van der Waals surface area (Å²) in [6.07, 6.45) is 3.11. The molecule has 0 radical (unpaired) electrons. The summed E-state index contributed by atoms with van der Waals surface area (Å²) in [6, 6.07) is 0. The molecule has 20 heavy (non-hydrogen) atoms. The van der Waals surface area contributed by atoms with Crippen molar-refractivity contribution in [1.82, 2.24) is 0 Å². The van der Waals surface area contributed by atoms with Gasteiger partial charge in [0.05, 0.1) is 0 Å². The summed E-state index contributed by atoms with van der Waals surface area (Å²) >= 11 is 0. The van der Waals surface area contributed by atoms with Gasteiger partial charge in [0.25, 0.3) is 0 Å². The Bertz CT molecular complexity index is 208. The smallest absolute Gasteiger partial charge is 0.303 e. The lowest BCUT2D eigenvalue weighted by molar-refractivity contribution is -0.138. The summed E-state index contributed by atoms with van der Waals surface area (Å²) in [5.41, 5.74) is 0. The molecule has 0 bridgehead atoms. The molecule has 0 aliphatic carbocycles. The molecule has 120 valence electrons. The van der Waals surface area contributed by atoms with E-state index in [2.05, 4.69) is 0 Å². The molecule has 0 saturated heterocycles. The van der Waals surface area contributed by atoms with Crippen LogP contribution in [0.2, 0.25) is 0 Å². The molecule has 6 nitrogen and oxygen atoms in total. The van der Waals surface area contributed by atoms with Gasteiger partial charge in [0.15, 0.2) is 0 Å². The average Bonchev–Trinajstić information content (AvgIpc) is 2.38. The third-order valence-electron chi connectivity index (χ3n) is 2.27. The molecule has 0 saturated carbocycles. The van der Waals surface area contributed by atoms with Crippen LogP contribution in [0.3, 0.4) is 0 Å². The van der Waals surface area contributed by atoms with Gasteiger partial charge in [-0.1, -0.05) is 0 Å². The van der Waals surface area contributed by atoms with Crippen LogP contribution in [0.5, 0.6) is 0 Å². The predicted octanol–water partition coefficient (Wildman–Crippen LogP) is 2.56. The van der Waals surface area contributed by atoms with Gasteiger partial charge in [-0.05, 0) is 39.5 Å². The van der Waals surface area contributed by atoms with Crippen molar-refractivity contribution in [3.05, 3.63) is 0 Å². The van der Waals surface area contributed by atoms with Crippen LogP contribution < -0.4 is 0 Å². The Morgan fingerprint density at radius 2 is 1.15 bits per heavy atom. The predicted molar refractivity (Wildman–Crippen MR) is 76.0 cm³/mol. The van der Waals surface area contributed by atoms with Crippen molar-refractivity contribution in [3.63, 3.8) is 0 Å². The summed E-state index contributed by atoms with van der Waals surface area (Å²) in [5, 5.41) is 16.7. The van der Waals surface area contributed by atoms with Gasteiger partial charge in [0.2, 0.25) is 0 Å². The first-order valence-corrected chi connectivity index (χ1v) is 7.13. The molecule has 0 aromatic heterocycles. The van der Waals surface area contributed by atoms with Crippen LogP contribution in [-0.2, 0) is 19.1 Å². The summed E-state index contributed by atoms with van der Waals surface area (Å²) in [4.78, 5) is 20.3. The fourth-order valence-electron chi connectivity index (χ4n) is 1.27. The Hall–Kier alpha value is -1.14. The highest BCUT2D eigenvalue weighted by Gasteiger charge is 1.98. The van der Waals surface area contributed by atoms with Crippen LogP contribution in [0.4, 0.5) is 0 Å². The Morgan fingerprint density at radius 1 is 0.750 bits per heavy atom. The Balaban J connectivity index is 0. The second-order valence-electron chi connectivity index (χ2n) is 4.10. The zero-order chi connectivity index (χ0) is 15.6. The molecule has 0 heterocycles. The molecule has 0 spiro atoms. The number of aliphatic carboxylic acids is 2. The molecule has 0 atom stereocenters. The van der Waals surface area contributed by atoms with Crippen LogP contribution in [0.1, 0.15) is 52.4 Å². The Morgan fingerprint density at radius 3 is 1.40 bits per heavy atom. The van der Waals surface area contributed by atoms with Crippen molar-refractivity contribution in [2.45, 2.75) is 52.4 Å². The van der Waals surface area contributed by atoms with Gasteiger partial charge in [-0.3, -0.25) is 9.59 Å². The minimum Gasteiger partial charge on any atom is -0.481 e. The first-order valence-electron chi connectivity index (χ1n) is 7.13. The number of carboxylic acid groups (broad SMARTS) is 2. The third kappa shape index (κ3) is 25.6. The first kappa shape index (κ1) is 21.2. The lowest BCUT2D eigenvalue weighted by Gasteiger charge is -2.02. The quantitative estimate of drug-likeness (QED) is 0.537. The van der Waals surface area contributed by atoms with Crippen LogP contribution in [0, 0.1) is 0 Å². The summed E-state index contributed by atoms with van der Waals surface area (Å²) in [6.45, 7) is 6.78. The van der Waals surface area contributed by atoms with E-state index >= 15 is 0 Å². The van der Waals surface area contributed by atoms with Crippen LogP contribution in [-0.4, -0.2) is 48.6 Å². The van der Waals surface area contributed by atoms with Crippen molar-refractivity contribution < 1.29 is 29.3 Å². The van der Waals surface area contributed by atoms with Crippen LogP contribution in [0.25, 0.3) is 0 Å². The first-order chi connectivity index (χ1) is 9.54. The van der Waals surface area contributed by atoms with Gasteiger partial charge in [0, 0.05) is 39.3 Å². The van der Waals surface area contributed by atoms with Crippen molar-refractivity contribution >= 4 is 11.9 Å². The van der Waals surface area contributed by atoms with E-state index in [1.165, 1.54) is 0 Å². The minimum atomic E-state index is -0.781. The van der Waals surface area contributed by atoms with E-state index in [4.69, 9.17) is 19.7 Å². The van der Waals surface area contributed by atoms with E-state index in [0.717, 1.165) is 26.1 Å². The molecule has 0 aromatic rings. The number of hydrogen-bond acceptors (Lipinski definition) is 4. The molecule has 0 fully saturated rings. The SMILES string of the molecule is CCOCC.O=C(O)CCCCOCCCCC(=O)O. The van der Waals surface area contributed by atoms with Gasteiger partial charge < -0.3 is 19.7 Å². The number of carboxylic acids is 2. The van der Waals surface area contributed by atoms with Crippen LogP contribution >= 0.6 is 0 Å². The lowest BCUT2D eigenvalue weighted by atomic mass is 10.2. The Kier molecular flexibility index (Phi) is 18.9. The number of hydrogen-bond donors (Lipinski definition) is 2. The summed E-state index contributed by atoms with van der Waals surface area (Å²) < 4.78 is 10.0. The lowest BCUT2D eigenvalue weighted by Crippen LogP contribution is -2.01. The molecule has 0 rings (SSSR count). The maximum atomic E-state index is 10.1. The van der Waals surface area contributed by atoms with Gasteiger partial charge >= 0.3 is 11.9 Å². The molecule has 2 N–H and O–H groups in total. The van der Waals surface area contributed by atoms with Gasteiger partial charge in [-0.25, -0.2) is 0 Å². The topological polar surface area (TPSA) is 93.1 Å². The monoisotopic (exact) mass is 292 g/mol. The number of ether oxygens (including phenoxy) is 2. The molecular weight excluding hydrogens is 264 g/mol. The van der Waals surface area contributed by atoms with Crippen LogP contribution in [0.15, 0.2) is 0 Å². The molecule has 6 heteroatoms. The largest absolute Gasteiger partial charge is 0.481 e. The van der Waals surface area contributed by atoms with Crippen molar-refractivity contribution in [1.29, 1.82) is 0 Å². The van der Waals surface area contributed by atoms with E-state index in [1.54, 1.807) is 0 Å². The van der Waals surface area contributed by atoms with Crippen molar-refractivity contribution in [2.24, 2.45) is 0 Å². The Labute approximate surface area is 121 Å². The number of unbranched alkanes of at least 4 members (excludes halogenated alkanes) is 2. The molecular formula is C14H28O6. The fourth-order valence-corrected chi connectivity index (χ4v) is 1.27. The highest BCUT2D eigenvalue weighted by molar-refractivity contribution is 5.66. The number of carbonyl (C=O) groups is 2. The summed E-state index contributed by atoms with van der Waals surface area (Å²) in [5.74, 6) is -1.56. The fraction of sp³-hybridized carbons (Fsp3) is 0.857.